The van der Waals surface area contributed by atoms with E-state index in [2.05, 4.69) is 168 Å². The molecule has 0 atom stereocenters. The monoisotopic (exact) mass is 959 g/mol. The van der Waals surface area contributed by atoms with E-state index in [1.807, 2.05) is 48.5 Å². The molecule has 5 heterocycles. The Morgan fingerprint density at radius 3 is 0.986 bits per heavy atom. The van der Waals surface area contributed by atoms with Gasteiger partial charge >= 0.3 is 22.8 Å². The number of aromatic nitrogens is 4. The van der Waals surface area contributed by atoms with Gasteiger partial charge in [-0.2, -0.15) is 0 Å². The summed E-state index contributed by atoms with van der Waals surface area (Å²) in [6.07, 6.45) is 4.13. The van der Waals surface area contributed by atoms with Gasteiger partial charge in [0, 0.05) is 0 Å². The second-order valence-electron chi connectivity index (χ2n) is 22.3. The van der Waals surface area contributed by atoms with Crippen LogP contribution in [0, 0.1) is 10.1 Å². The van der Waals surface area contributed by atoms with Crippen LogP contribution < -0.4 is 15.7 Å². The molecule has 2 aliphatic rings. The molecule has 1 radical (unpaired) electrons. The molecule has 9 rings (SSSR count). The third-order valence-electron chi connectivity index (χ3n) is 13.2. The van der Waals surface area contributed by atoms with E-state index in [-0.39, 0.29) is 61.5 Å². The van der Waals surface area contributed by atoms with E-state index in [0.29, 0.717) is 33.2 Å². The van der Waals surface area contributed by atoms with E-state index < -0.39 is 4.92 Å². The number of nitrogens with two attached hydrogens (primary N) is 1. The summed E-state index contributed by atoms with van der Waals surface area (Å²) in [6.45, 7) is 26.2. The predicted octanol–water partition coefficient (Wildman–Crippen LogP) is 14.7. The summed E-state index contributed by atoms with van der Waals surface area (Å²) in [4.78, 5) is 34.6. The second kappa shape index (κ2) is 17.6. The summed E-state index contributed by atoms with van der Waals surface area (Å²) in [5.41, 5.74) is 21.6. The number of benzene rings is 4. The van der Waals surface area contributed by atoms with Crippen LogP contribution in [-0.2, 0) is 38.7 Å². The summed E-state index contributed by atoms with van der Waals surface area (Å²) in [7, 11) is 0. The van der Waals surface area contributed by atoms with Crippen molar-refractivity contribution in [3.05, 3.63) is 176 Å². The molecule has 4 aromatic carbocycles. The molecule has 8 nitrogen and oxygen atoms in total. The van der Waals surface area contributed by atoms with Crippen LogP contribution in [0.2, 0.25) is 0 Å². The average molecular weight is 961 g/mol. The van der Waals surface area contributed by atoms with Crippen molar-refractivity contribution in [2.75, 3.05) is 0 Å². The number of rotatable bonds is 5. The maximum Gasteiger partial charge on any atom is 2.00 e. The van der Waals surface area contributed by atoms with Gasteiger partial charge in [-0.25, -0.2) is 9.97 Å². The zero-order valence-electron chi connectivity index (χ0n) is 41.6. The Morgan fingerprint density at radius 1 is 0.420 bits per heavy atom. The van der Waals surface area contributed by atoms with Crippen LogP contribution in [0.1, 0.15) is 128 Å². The fourth-order valence-electron chi connectivity index (χ4n) is 9.15. The maximum absolute atomic E-state index is 13.5. The fourth-order valence-corrected chi connectivity index (χ4v) is 9.15. The van der Waals surface area contributed by atoms with Crippen LogP contribution in [0.4, 0.5) is 0 Å². The Bertz CT molecular complexity index is 3360. The van der Waals surface area contributed by atoms with Crippen molar-refractivity contribution < 1.29 is 22.0 Å². The van der Waals surface area contributed by atoms with Crippen molar-refractivity contribution in [3.8, 4) is 44.5 Å². The molecule has 8 bridgehead atoms. The van der Waals surface area contributed by atoms with Crippen molar-refractivity contribution in [3.63, 3.8) is 0 Å². The SMILES string of the molecule is CC(C)(C)c1ccc(-c2c3nc(c(-c4ccc(C(C)(C)C)cc4)c4ccc([n-]4)c(-c4ccc(C(C)(C)C)cc4)c4nc(c(-c5ccc(C(C)(C)C)cc5)c5ccc2[n-]5)C(N)=C4[N+](=O)[O-])C=C3)cc1.[Cu+2]. The van der Waals surface area contributed by atoms with Gasteiger partial charge < -0.3 is 15.7 Å². The van der Waals surface area contributed by atoms with Crippen LogP contribution in [0.3, 0.4) is 0 Å². The van der Waals surface area contributed by atoms with Crippen LogP contribution in [0.15, 0.2) is 121 Å². The Labute approximate surface area is 416 Å². The van der Waals surface area contributed by atoms with E-state index in [9.17, 15) is 10.1 Å². The number of fused-ring (bicyclic) bond motifs is 8. The minimum atomic E-state index is -0.413. The topological polar surface area (TPSA) is 123 Å². The Balaban J connectivity index is 0.00000642. The Hall–Kier alpha value is -6.80. The molecule has 353 valence electrons. The normalized spacial score (nSPS) is 13.2. The van der Waals surface area contributed by atoms with Crippen molar-refractivity contribution in [1.29, 1.82) is 0 Å². The molecule has 0 fully saturated rings. The van der Waals surface area contributed by atoms with E-state index in [4.69, 9.17) is 25.7 Å². The van der Waals surface area contributed by atoms with E-state index in [0.717, 1.165) is 55.9 Å². The molecule has 2 N–H and O–H groups in total. The summed E-state index contributed by atoms with van der Waals surface area (Å²) < 4.78 is 0. The molecule has 7 aromatic rings. The summed E-state index contributed by atoms with van der Waals surface area (Å²) >= 11 is 0. The minimum absolute atomic E-state index is 0. The molecule has 0 spiro atoms. The average Bonchev–Trinajstić information content (AvgIpc) is 4.10. The van der Waals surface area contributed by atoms with E-state index in [1.54, 1.807) is 0 Å². The molecule has 0 unspecified atom stereocenters. The predicted molar refractivity (Wildman–Crippen MR) is 282 cm³/mol. The summed E-state index contributed by atoms with van der Waals surface area (Å²) in [5.74, 6) is 0. The van der Waals surface area contributed by atoms with Crippen LogP contribution >= 0.6 is 0 Å². The molecule has 3 aromatic heterocycles. The van der Waals surface area contributed by atoms with Gasteiger partial charge in [0.25, 0.3) is 0 Å². The molecule has 0 saturated heterocycles. The molecular formula is C60H60CuN6O2. The van der Waals surface area contributed by atoms with Crippen molar-refractivity contribution in [1.82, 2.24) is 19.9 Å². The zero-order chi connectivity index (χ0) is 48.7. The summed E-state index contributed by atoms with van der Waals surface area (Å²) in [5, 5.41) is 13.5. The molecule has 0 saturated carbocycles. The molecule has 0 amide bonds. The Kier molecular flexibility index (Phi) is 12.4. The van der Waals surface area contributed by atoms with Gasteiger partial charge in [-0.05, 0) is 101 Å². The molecule has 0 aliphatic carbocycles. The number of nitrogens with zero attached hydrogens (tertiary/aromatic N) is 5. The quantitative estimate of drug-likeness (QED) is 0.103. The van der Waals surface area contributed by atoms with Gasteiger partial charge in [-0.3, -0.25) is 10.1 Å². The van der Waals surface area contributed by atoms with Crippen molar-refractivity contribution in [2.45, 2.75) is 105 Å². The van der Waals surface area contributed by atoms with Crippen molar-refractivity contribution in [2.24, 2.45) is 5.73 Å². The Morgan fingerprint density at radius 2 is 0.696 bits per heavy atom. The van der Waals surface area contributed by atoms with E-state index >= 15 is 0 Å². The number of hydrogen-bond donors (Lipinski definition) is 1. The van der Waals surface area contributed by atoms with Gasteiger partial charge in [0.2, 0.25) is 0 Å². The fraction of sp³-hybridized carbons (Fsp3) is 0.267. The summed E-state index contributed by atoms with van der Waals surface area (Å²) in [6, 6.07) is 41.5. The first-order valence-corrected chi connectivity index (χ1v) is 23.4. The van der Waals surface area contributed by atoms with E-state index in [1.165, 1.54) is 11.1 Å². The first kappa shape index (κ1) is 48.6. The van der Waals surface area contributed by atoms with Gasteiger partial charge in [0.15, 0.2) is 5.69 Å². The zero-order valence-corrected chi connectivity index (χ0v) is 42.6. The second-order valence-corrected chi connectivity index (χ2v) is 22.3. The minimum Gasteiger partial charge on any atom is -0.657 e. The third kappa shape index (κ3) is 9.26. The maximum atomic E-state index is 13.5. The van der Waals surface area contributed by atoms with Gasteiger partial charge in [0.1, 0.15) is 11.4 Å². The van der Waals surface area contributed by atoms with Gasteiger partial charge in [-0.15, -0.1) is 22.1 Å². The number of hydrogen-bond acceptors (Lipinski definition) is 5. The smallest absolute Gasteiger partial charge is 0.657 e. The van der Waals surface area contributed by atoms with Crippen LogP contribution in [-0.4, -0.2) is 14.9 Å². The molecule has 2 aliphatic heterocycles. The molecule has 69 heavy (non-hydrogen) atoms. The van der Waals surface area contributed by atoms with Crippen LogP contribution in [0.5, 0.6) is 0 Å². The largest absolute Gasteiger partial charge is 2.00 e. The third-order valence-corrected chi connectivity index (χ3v) is 13.2. The number of nitro groups is 1. The first-order valence-electron chi connectivity index (χ1n) is 23.4. The first-order chi connectivity index (χ1) is 32.0. The van der Waals surface area contributed by atoms with Gasteiger partial charge in [-0.1, -0.05) is 204 Å². The van der Waals surface area contributed by atoms with Gasteiger partial charge in [0.05, 0.1) is 16.3 Å². The molecular weight excluding hydrogens is 900 g/mol. The standard InChI is InChI=1S/C60H60N6O2.Cu/c1-57(2,3)39-21-13-35(14-22-39)49-43-29-30-44(62-43)50(36-15-23-40(24-16-36)58(4,5)6)46-32-34-48(64-46)52(38-19-27-42(28-20-38)60(10,11)12)55-56(66(67)68)53(61)54(65-55)51(47-33-31-45(49)63-47)37-17-25-41(26-18-37)59(7,8)9;/h13-34H,61H2,1-12H3;/q-2;+2. The van der Waals surface area contributed by atoms with Crippen molar-refractivity contribution >= 4 is 45.6 Å². The molecule has 9 heteroatoms. The van der Waals surface area contributed by atoms with Crippen LogP contribution in [0.25, 0.3) is 90.1 Å².